The highest BCUT2D eigenvalue weighted by molar-refractivity contribution is 7.92. The normalized spacial score (nSPS) is 12.0. The van der Waals surface area contributed by atoms with Gasteiger partial charge in [-0.25, -0.2) is 8.42 Å². The fourth-order valence-electron chi connectivity index (χ4n) is 4.99. The SMILES string of the molecule is CCCNC(=O)C(Cc1ccccc1)N(Cc1ccccc1C)C(=O)CCCN(c1cc(C)cc(C)c1)S(C)(=O)=O. The molecule has 41 heavy (non-hydrogen) atoms. The molecule has 0 aromatic heterocycles. The Labute approximate surface area is 245 Å². The molecule has 8 heteroatoms. The van der Waals surface area contributed by atoms with Crippen LogP contribution in [-0.2, 0) is 32.6 Å². The van der Waals surface area contributed by atoms with E-state index in [-0.39, 0.29) is 31.3 Å². The van der Waals surface area contributed by atoms with Crippen molar-refractivity contribution in [2.45, 2.75) is 66.0 Å². The molecule has 3 rings (SSSR count). The summed E-state index contributed by atoms with van der Waals surface area (Å²) >= 11 is 0. The predicted octanol–water partition coefficient (Wildman–Crippen LogP) is 5.32. The van der Waals surface area contributed by atoms with Crippen LogP contribution in [0.4, 0.5) is 5.69 Å². The van der Waals surface area contributed by atoms with E-state index in [4.69, 9.17) is 0 Å². The molecule has 2 amide bonds. The number of hydrogen-bond donors (Lipinski definition) is 1. The number of nitrogens with one attached hydrogen (secondary N) is 1. The average Bonchev–Trinajstić information content (AvgIpc) is 2.91. The van der Waals surface area contributed by atoms with E-state index in [9.17, 15) is 18.0 Å². The van der Waals surface area contributed by atoms with Crippen molar-refractivity contribution < 1.29 is 18.0 Å². The van der Waals surface area contributed by atoms with E-state index in [0.717, 1.165) is 34.2 Å². The van der Waals surface area contributed by atoms with Crippen LogP contribution in [0.15, 0.2) is 72.8 Å². The highest BCUT2D eigenvalue weighted by Crippen LogP contribution is 2.23. The number of rotatable bonds is 14. The molecular weight excluding hydrogens is 534 g/mol. The topological polar surface area (TPSA) is 86.8 Å². The predicted molar refractivity (Wildman–Crippen MR) is 166 cm³/mol. The summed E-state index contributed by atoms with van der Waals surface area (Å²) in [7, 11) is -3.56. The van der Waals surface area contributed by atoms with Gasteiger partial charge in [-0.1, -0.05) is 67.6 Å². The first-order valence-electron chi connectivity index (χ1n) is 14.2. The summed E-state index contributed by atoms with van der Waals surface area (Å²) < 4.78 is 26.8. The van der Waals surface area contributed by atoms with Crippen LogP contribution in [0.25, 0.3) is 0 Å². The van der Waals surface area contributed by atoms with Crippen molar-refractivity contribution in [2.75, 3.05) is 23.7 Å². The van der Waals surface area contributed by atoms with Gasteiger partial charge in [-0.05, 0) is 73.6 Å². The van der Waals surface area contributed by atoms with E-state index in [1.807, 2.05) is 100 Å². The molecule has 0 saturated heterocycles. The number of sulfonamides is 1. The van der Waals surface area contributed by atoms with Crippen LogP contribution in [0, 0.1) is 20.8 Å². The Hall–Kier alpha value is -3.65. The quantitative estimate of drug-likeness (QED) is 0.281. The Bertz CT molecular complexity index is 1400. The highest BCUT2D eigenvalue weighted by Gasteiger charge is 2.30. The number of benzene rings is 3. The van der Waals surface area contributed by atoms with Gasteiger partial charge in [-0.15, -0.1) is 0 Å². The number of hydrogen-bond acceptors (Lipinski definition) is 4. The Morgan fingerprint density at radius 3 is 2.15 bits per heavy atom. The molecule has 0 aliphatic heterocycles. The lowest BCUT2D eigenvalue weighted by atomic mass is 10.0. The Kier molecular flexibility index (Phi) is 11.5. The zero-order chi connectivity index (χ0) is 30.0. The zero-order valence-corrected chi connectivity index (χ0v) is 25.7. The molecule has 3 aromatic rings. The van der Waals surface area contributed by atoms with Gasteiger partial charge in [0.25, 0.3) is 0 Å². The summed E-state index contributed by atoms with van der Waals surface area (Å²) in [5.41, 5.74) is 5.50. The van der Waals surface area contributed by atoms with Crippen LogP contribution in [0.3, 0.4) is 0 Å². The van der Waals surface area contributed by atoms with Gasteiger partial charge in [0.2, 0.25) is 21.8 Å². The van der Waals surface area contributed by atoms with E-state index >= 15 is 0 Å². The van der Waals surface area contributed by atoms with Crippen LogP contribution in [-0.4, -0.2) is 50.5 Å². The second-order valence-electron chi connectivity index (χ2n) is 10.7. The number of amides is 2. The van der Waals surface area contributed by atoms with Gasteiger partial charge in [-0.3, -0.25) is 13.9 Å². The molecule has 0 bridgehead atoms. The third kappa shape index (κ3) is 9.46. The summed E-state index contributed by atoms with van der Waals surface area (Å²) in [6.45, 7) is 8.82. The molecule has 0 saturated carbocycles. The molecule has 0 aliphatic carbocycles. The molecule has 0 radical (unpaired) electrons. The summed E-state index contributed by atoms with van der Waals surface area (Å²) in [6, 6.07) is 22.5. The first kappa shape index (κ1) is 31.9. The Balaban J connectivity index is 1.89. The van der Waals surface area contributed by atoms with E-state index < -0.39 is 16.1 Å². The Morgan fingerprint density at radius 1 is 0.902 bits per heavy atom. The average molecular weight is 578 g/mol. The van der Waals surface area contributed by atoms with Crippen molar-refractivity contribution in [3.8, 4) is 0 Å². The summed E-state index contributed by atoms with van der Waals surface area (Å²) in [6.07, 6.45) is 2.78. The van der Waals surface area contributed by atoms with Crippen LogP contribution in [0.1, 0.15) is 54.0 Å². The van der Waals surface area contributed by atoms with Gasteiger partial charge in [0, 0.05) is 32.5 Å². The number of aryl methyl sites for hydroxylation is 3. The van der Waals surface area contributed by atoms with Gasteiger partial charge in [-0.2, -0.15) is 0 Å². The van der Waals surface area contributed by atoms with Crippen LogP contribution in [0.2, 0.25) is 0 Å². The van der Waals surface area contributed by atoms with Crippen molar-refractivity contribution in [3.63, 3.8) is 0 Å². The van der Waals surface area contributed by atoms with Gasteiger partial charge >= 0.3 is 0 Å². The molecular formula is C33H43N3O4S. The number of nitrogens with zero attached hydrogens (tertiary/aromatic N) is 2. The van der Waals surface area contributed by atoms with Crippen molar-refractivity contribution in [3.05, 3.63) is 101 Å². The van der Waals surface area contributed by atoms with Crippen molar-refractivity contribution in [1.82, 2.24) is 10.2 Å². The highest BCUT2D eigenvalue weighted by atomic mass is 32.2. The summed E-state index contributed by atoms with van der Waals surface area (Å²) in [4.78, 5) is 29.1. The lowest BCUT2D eigenvalue weighted by Crippen LogP contribution is -2.50. The molecule has 7 nitrogen and oxygen atoms in total. The van der Waals surface area contributed by atoms with Crippen LogP contribution >= 0.6 is 0 Å². The number of anilines is 1. The summed E-state index contributed by atoms with van der Waals surface area (Å²) in [5, 5.41) is 2.99. The molecule has 0 aliphatic rings. The largest absolute Gasteiger partial charge is 0.354 e. The fraction of sp³-hybridized carbons (Fsp3) is 0.394. The maximum absolute atomic E-state index is 13.9. The molecule has 0 fully saturated rings. The van der Waals surface area contributed by atoms with Crippen molar-refractivity contribution in [1.29, 1.82) is 0 Å². The lowest BCUT2D eigenvalue weighted by Gasteiger charge is -2.32. The van der Waals surface area contributed by atoms with E-state index in [1.54, 1.807) is 4.90 Å². The minimum atomic E-state index is -3.56. The standard InChI is InChI=1S/C33H43N3O4S/c1-6-18-34-33(38)31(23-28-14-8-7-9-15-28)35(24-29-16-11-10-13-27(29)4)32(37)17-12-19-36(41(5,39)40)30-21-25(2)20-26(3)22-30/h7-11,13-16,20-22,31H,6,12,17-19,23-24H2,1-5H3,(H,34,38). The van der Waals surface area contributed by atoms with Gasteiger partial charge in [0.1, 0.15) is 6.04 Å². The maximum Gasteiger partial charge on any atom is 0.243 e. The molecule has 1 atom stereocenters. The smallest absolute Gasteiger partial charge is 0.243 e. The first-order valence-corrected chi connectivity index (χ1v) is 16.1. The van der Waals surface area contributed by atoms with E-state index in [2.05, 4.69) is 5.32 Å². The van der Waals surface area contributed by atoms with E-state index in [1.165, 1.54) is 10.6 Å². The van der Waals surface area contributed by atoms with Gasteiger partial charge in [0.15, 0.2) is 0 Å². The van der Waals surface area contributed by atoms with Crippen molar-refractivity contribution in [2.24, 2.45) is 0 Å². The Morgan fingerprint density at radius 2 is 1.54 bits per heavy atom. The lowest BCUT2D eigenvalue weighted by molar-refractivity contribution is -0.141. The summed E-state index contributed by atoms with van der Waals surface area (Å²) in [5.74, 6) is -0.375. The molecule has 1 N–H and O–H groups in total. The molecule has 220 valence electrons. The monoisotopic (exact) mass is 577 g/mol. The number of carbonyl (C=O) groups is 2. The fourth-order valence-corrected chi connectivity index (χ4v) is 5.94. The maximum atomic E-state index is 13.9. The molecule has 0 heterocycles. The third-order valence-corrected chi connectivity index (χ3v) is 8.26. The molecule has 0 spiro atoms. The second-order valence-corrected chi connectivity index (χ2v) is 12.6. The minimum absolute atomic E-state index is 0.106. The van der Waals surface area contributed by atoms with Gasteiger partial charge < -0.3 is 10.2 Å². The molecule has 3 aromatic carbocycles. The number of carbonyl (C=O) groups excluding carboxylic acids is 2. The second kappa shape index (κ2) is 14.8. The first-order chi connectivity index (χ1) is 19.5. The third-order valence-electron chi connectivity index (χ3n) is 7.07. The van der Waals surface area contributed by atoms with Gasteiger partial charge in [0.05, 0.1) is 11.9 Å². The zero-order valence-electron chi connectivity index (χ0n) is 24.9. The van der Waals surface area contributed by atoms with Crippen molar-refractivity contribution >= 4 is 27.5 Å². The minimum Gasteiger partial charge on any atom is -0.354 e. The van der Waals surface area contributed by atoms with Crippen LogP contribution in [0.5, 0.6) is 0 Å². The van der Waals surface area contributed by atoms with E-state index in [0.29, 0.717) is 25.1 Å². The van der Waals surface area contributed by atoms with Crippen LogP contribution < -0.4 is 9.62 Å². The molecule has 1 unspecified atom stereocenters.